The molecule has 1 heterocycles. The average Bonchev–Trinajstić information content (AvgIpc) is 2.46. The summed E-state index contributed by atoms with van der Waals surface area (Å²) < 4.78 is 25.2. The van der Waals surface area contributed by atoms with E-state index in [1.165, 1.54) is 0 Å². The predicted octanol–water partition coefficient (Wildman–Crippen LogP) is 2.50. The van der Waals surface area contributed by atoms with Crippen molar-refractivity contribution in [1.82, 2.24) is 4.90 Å². The molecule has 126 valence electrons. The maximum atomic E-state index is 12.6. The number of carbonyl (C=O) groups excluding carboxylic acids is 1. The van der Waals surface area contributed by atoms with Gasteiger partial charge in [0.1, 0.15) is 0 Å². The fourth-order valence-corrected chi connectivity index (χ4v) is 5.93. The summed E-state index contributed by atoms with van der Waals surface area (Å²) >= 11 is 0. The molecule has 1 saturated heterocycles. The van der Waals surface area contributed by atoms with E-state index in [4.69, 9.17) is 0 Å². The molecule has 1 amide bonds. The zero-order chi connectivity index (χ0) is 16.4. The zero-order valence-corrected chi connectivity index (χ0v) is 14.5. The van der Waals surface area contributed by atoms with E-state index >= 15 is 0 Å². The average molecular weight is 335 g/mol. The number of carbonyl (C=O) groups is 1. The number of sulfone groups is 1. The van der Waals surface area contributed by atoms with Crippen molar-refractivity contribution in [3.8, 4) is 0 Å². The van der Waals surface area contributed by atoms with Crippen LogP contribution in [0.25, 0.3) is 0 Å². The highest BCUT2D eigenvalue weighted by Gasteiger charge is 2.43. The molecule has 0 N–H and O–H groups in total. The number of aryl methyl sites for hydroxylation is 1. The highest BCUT2D eigenvalue weighted by molar-refractivity contribution is 7.92. The molecular formula is C18H25NO3S. The topological polar surface area (TPSA) is 54.5 Å². The van der Waals surface area contributed by atoms with Crippen molar-refractivity contribution in [1.29, 1.82) is 0 Å². The Morgan fingerprint density at radius 3 is 2.48 bits per heavy atom. The Morgan fingerprint density at radius 2 is 1.83 bits per heavy atom. The summed E-state index contributed by atoms with van der Waals surface area (Å²) in [6.45, 7) is 2.76. The molecule has 23 heavy (non-hydrogen) atoms. The van der Waals surface area contributed by atoms with E-state index in [0.29, 0.717) is 19.5 Å². The smallest absolute Gasteiger partial charge is 0.227 e. The normalized spacial score (nSPS) is 20.3. The third kappa shape index (κ3) is 3.60. The van der Waals surface area contributed by atoms with Gasteiger partial charge in [0, 0.05) is 13.1 Å². The Morgan fingerprint density at radius 1 is 1.13 bits per heavy atom. The lowest BCUT2D eigenvalue weighted by atomic mass is 10.0. The summed E-state index contributed by atoms with van der Waals surface area (Å²) in [6, 6.07) is 7.91. The lowest BCUT2D eigenvalue weighted by Gasteiger charge is -2.41. The summed E-state index contributed by atoms with van der Waals surface area (Å²) in [5.74, 6) is 0.0331. The molecule has 1 aliphatic carbocycles. The van der Waals surface area contributed by atoms with Gasteiger partial charge in [-0.15, -0.1) is 0 Å². The summed E-state index contributed by atoms with van der Waals surface area (Å²) in [7, 11) is -3.07. The first kappa shape index (κ1) is 16.5. The van der Waals surface area contributed by atoms with Gasteiger partial charge in [-0.1, -0.05) is 49.1 Å². The van der Waals surface area contributed by atoms with Gasteiger partial charge in [-0.3, -0.25) is 4.79 Å². The van der Waals surface area contributed by atoms with Crippen LogP contribution in [0.15, 0.2) is 24.3 Å². The monoisotopic (exact) mass is 335 g/mol. The van der Waals surface area contributed by atoms with Crippen LogP contribution in [0.2, 0.25) is 0 Å². The highest BCUT2D eigenvalue weighted by Crippen LogP contribution is 2.30. The minimum atomic E-state index is -3.07. The molecule has 0 bridgehead atoms. The van der Waals surface area contributed by atoms with Crippen LogP contribution < -0.4 is 0 Å². The van der Waals surface area contributed by atoms with Gasteiger partial charge in [-0.25, -0.2) is 8.42 Å². The first-order chi connectivity index (χ1) is 11.0. The predicted molar refractivity (Wildman–Crippen MR) is 91.0 cm³/mol. The molecule has 4 nitrogen and oxygen atoms in total. The third-order valence-electron chi connectivity index (χ3n) is 5.12. The van der Waals surface area contributed by atoms with Gasteiger partial charge in [0.05, 0.1) is 16.9 Å². The van der Waals surface area contributed by atoms with Crippen molar-refractivity contribution in [3.05, 3.63) is 35.4 Å². The van der Waals surface area contributed by atoms with Gasteiger partial charge < -0.3 is 4.90 Å². The largest absolute Gasteiger partial charge is 0.340 e. The Hall–Kier alpha value is -1.36. The van der Waals surface area contributed by atoms with Crippen LogP contribution in [-0.4, -0.2) is 42.8 Å². The van der Waals surface area contributed by atoms with E-state index in [9.17, 15) is 13.2 Å². The fraction of sp³-hybridized carbons (Fsp3) is 0.611. The number of rotatable bonds is 4. The lowest BCUT2D eigenvalue weighted by Crippen LogP contribution is -2.59. The SMILES string of the molecule is Cc1cccc(CC(=O)N2CC(S(=O)(=O)C3CCCCC3)C2)c1. The van der Waals surface area contributed by atoms with Gasteiger partial charge in [0.25, 0.3) is 0 Å². The number of hydrogen-bond donors (Lipinski definition) is 0. The second kappa shape index (κ2) is 6.63. The van der Waals surface area contributed by atoms with Crippen LogP contribution in [0.1, 0.15) is 43.2 Å². The van der Waals surface area contributed by atoms with Crippen molar-refractivity contribution in [2.75, 3.05) is 13.1 Å². The second-order valence-corrected chi connectivity index (χ2v) is 9.45. The molecule has 0 atom stereocenters. The van der Waals surface area contributed by atoms with Crippen LogP contribution in [0, 0.1) is 6.92 Å². The quantitative estimate of drug-likeness (QED) is 0.849. The molecule has 0 spiro atoms. The molecule has 1 aromatic carbocycles. The van der Waals surface area contributed by atoms with Crippen molar-refractivity contribution in [2.45, 2.75) is 55.9 Å². The fourth-order valence-electron chi connectivity index (χ4n) is 3.62. The van der Waals surface area contributed by atoms with Crippen molar-refractivity contribution < 1.29 is 13.2 Å². The minimum Gasteiger partial charge on any atom is -0.340 e. The Labute approximate surface area is 138 Å². The summed E-state index contributed by atoms with van der Waals surface area (Å²) in [5, 5.41) is -0.512. The molecular weight excluding hydrogens is 310 g/mol. The van der Waals surface area contributed by atoms with E-state index in [-0.39, 0.29) is 16.4 Å². The highest BCUT2D eigenvalue weighted by atomic mass is 32.2. The van der Waals surface area contributed by atoms with E-state index in [0.717, 1.165) is 43.2 Å². The van der Waals surface area contributed by atoms with E-state index in [1.54, 1.807) is 4.90 Å². The van der Waals surface area contributed by atoms with Crippen molar-refractivity contribution in [3.63, 3.8) is 0 Å². The second-order valence-electron chi connectivity index (χ2n) is 6.94. The summed E-state index contributed by atoms with van der Waals surface area (Å²) in [4.78, 5) is 14.0. The van der Waals surface area contributed by atoms with E-state index in [2.05, 4.69) is 0 Å². The third-order valence-corrected chi connectivity index (χ3v) is 7.75. The Kier molecular flexibility index (Phi) is 4.76. The molecule has 1 aliphatic heterocycles. The molecule has 0 radical (unpaired) electrons. The Balaban J connectivity index is 1.54. The van der Waals surface area contributed by atoms with Crippen LogP contribution >= 0.6 is 0 Å². The number of likely N-dealkylation sites (tertiary alicyclic amines) is 1. The van der Waals surface area contributed by atoms with E-state index < -0.39 is 9.84 Å². The van der Waals surface area contributed by atoms with E-state index in [1.807, 2.05) is 31.2 Å². The van der Waals surface area contributed by atoms with Crippen LogP contribution in [-0.2, 0) is 21.1 Å². The number of benzene rings is 1. The summed E-state index contributed by atoms with van der Waals surface area (Å²) in [5.41, 5.74) is 2.13. The Bertz CT molecular complexity index is 671. The van der Waals surface area contributed by atoms with Crippen molar-refractivity contribution >= 4 is 15.7 Å². The van der Waals surface area contributed by atoms with Crippen LogP contribution in [0.3, 0.4) is 0 Å². The van der Waals surface area contributed by atoms with Crippen molar-refractivity contribution in [2.24, 2.45) is 0 Å². The maximum absolute atomic E-state index is 12.6. The van der Waals surface area contributed by atoms with Crippen LogP contribution in [0.4, 0.5) is 0 Å². The van der Waals surface area contributed by atoms with Gasteiger partial charge >= 0.3 is 0 Å². The number of nitrogens with zero attached hydrogens (tertiary/aromatic N) is 1. The van der Waals surface area contributed by atoms with Gasteiger partial charge in [-0.05, 0) is 25.3 Å². The first-order valence-electron chi connectivity index (χ1n) is 8.53. The molecule has 2 aliphatic rings. The molecule has 0 unspecified atom stereocenters. The lowest BCUT2D eigenvalue weighted by molar-refractivity contribution is -0.133. The maximum Gasteiger partial charge on any atom is 0.227 e. The minimum absolute atomic E-state index is 0.0331. The molecule has 3 rings (SSSR count). The molecule has 1 aromatic rings. The van der Waals surface area contributed by atoms with Gasteiger partial charge in [0.15, 0.2) is 9.84 Å². The van der Waals surface area contributed by atoms with Gasteiger partial charge in [-0.2, -0.15) is 0 Å². The summed E-state index contributed by atoms with van der Waals surface area (Å²) in [6.07, 6.45) is 5.15. The molecule has 2 fully saturated rings. The molecule has 1 saturated carbocycles. The first-order valence-corrected chi connectivity index (χ1v) is 10.1. The van der Waals surface area contributed by atoms with Gasteiger partial charge in [0.2, 0.25) is 5.91 Å². The molecule has 0 aromatic heterocycles. The number of hydrogen-bond acceptors (Lipinski definition) is 3. The number of amides is 1. The van der Waals surface area contributed by atoms with Crippen LogP contribution in [0.5, 0.6) is 0 Å². The molecule has 5 heteroatoms. The zero-order valence-electron chi connectivity index (χ0n) is 13.7. The standard InChI is InChI=1S/C18H25NO3S/c1-14-6-5-7-15(10-14)11-18(20)19-12-17(13-19)23(21,22)16-8-3-2-4-9-16/h5-7,10,16-17H,2-4,8-9,11-13H2,1H3.